The van der Waals surface area contributed by atoms with Gasteiger partial charge in [-0.2, -0.15) is 0 Å². The molecule has 1 aliphatic carbocycles. The highest BCUT2D eigenvalue weighted by molar-refractivity contribution is 5.73. The Morgan fingerprint density at radius 1 is 1.26 bits per heavy atom. The molecule has 2 fully saturated rings. The Labute approximate surface area is 188 Å². The van der Waals surface area contributed by atoms with E-state index >= 15 is 0 Å². The number of hydrogen-bond acceptors (Lipinski definition) is 6. The molecule has 0 spiro atoms. The predicted octanol–water partition coefficient (Wildman–Crippen LogP) is 3.13. The van der Waals surface area contributed by atoms with E-state index in [0.717, 1.165) is 62.3 Å². The van der Waals surface area contributed by atoms with Crippen LogP contribution in [0.3, 0.4) is 0 Å². The monoisotopic (exact) mass is 431 g/mol. The highest BCUT2D eigenvalue weighted by atomic mass is 16.5. The van der Waals surface area contributed by atoms with E-state index in [9.17, 15) is 4.79 Å². The molecule has 0 aromatic carbocycles. The van der Waals surface area contributed by atoms with Crippen molar-refractivity contribution in [3.63, 3.8) is 0 Å². The number of ether oxygens (including phenoxy) is 1. The molecular formula is C24H41N5O2. The highest BCUT2D eigenvalue weighted by Gasteiger charge is 2.31. The molecule has 0 bridgehead atoms. The van der Waals surface area contributed by atoms with Gasteiger partial charge in [0.25, 0.3) is 0 Å². The fourth-order valence-corrected chi connectivity index (χ4v) is 4.52. The van der Waals surface area contributed by atoms with Crippen molar-refractivity contribution in [3.05, 3.63) is 17.6 Å². The minimum Gasteiger partial charge on any atom is -0.375 e. The van der Waals surface area contributed by atoms with Crippen molar-refractivity contribution in [1.29, 1.82) is 0 Å². The maximum absolute atomic E-state index is 11.2. The van der Waals surface area contributed by atoms with Crippen LogP contribution >= 0.6 is 0 Å². The fraction of sp³-hybridized carbons (Fsp3) is 0.792. The molecule has 1 aliphatic heterocycles. The smallest absolute Gasteiger partial charge is 0.217 e. The first-order valence-corrected chi connectivity index (χ1v) is 11.9. The largest absolute Gasteiger partial charge is 0.375 e. The Morgan fingerprint density at radius 2 is 2.00 bits per heavy atom. The lowest BCUT2D eigenvalue weighted by atomic mass is 9.78. The van der Waals surface area contributed by atoms with Crippen LogP contribution in [0.2, 0.25) is 0 Å². The van der Waals surface area contributed by atoms with Gasteiger partial charge in [0.05, 0.1) is 12.3 Å². The molecule has 1 aromatic heterocycles. The quantitative estimate of drug-likeness (QED) is 0.682. The van der Waals surface area contributed by atoms with Crippen LogP contribution in [0.4, 0.5) is 5.82 Å². The second-order valence-electron chi connectivity index (χ2n) is 10.3. The van der Waals surface area contributed by atoms with Gasteiger partial charge in [0.15, 0.2) is 0 Å². The molecule has 1 saturated carbocycles. The first-order chi connectivity index (χ1) is 14.7. The molecule has 0 radical (unpaired) electrons. The van der Waals surface area contributed by atoms with E-state index in [1.54, 1.807) is 6.92 Å². The summed E-state index contributed by atoms with van der Waals surface area (Å²) in [4.78, 5) is 25.9. The summed E-state index contributed by atoms with van der Waals surface area (Å²) in [5.74, 6) is 2.75. The van der Waals surface area contributed by atoms with Gasteiger partial charge in [0.1, 0.15) is 11.6 Å². The first kappa shape index (κ1) is 23.9. The van der Waals surface area contributed by atoms with Gasteiger partial charge in [-0.15, -0.1) is 0 Å². The molecular weight excluding hydrogens is 390 g/mol. The molecule has 2 aliphatic rings. The minimum absolute atomic E-state index is 0.0944. The summed E-state index contributed by atoms with van der Waals surface area (Å²) in [7, 11) is 0. The SMILES string of the molecule is CCOCc1cc(N2CCN(CCC3CC(NC(C)=O)C3)C(C)C2)nc(C(C)(C)C)n1. The van der Waals surface area contributed by atoms with Crippen LogP contribution < -0.4 is 10.2 Å². The van der Waals surface area contributed by atoms with Crippen LogP contribution in [0.1, 0.15) is 72.3 Å². The van der Waals surface area contributed by atoms with Crippen molar-refractivity contribution >= 4 is 11.7 Å². The maximum atomic E-state index is 11.2. The maximum Gasteiger partial charge on any atom is 0.217 e. The Hall–Kier alpha value is -1.73. The molecule has 174 valence electrons. The summed E-state index contributed by atoms with van der Waals surface area (Å²) in [5.41, 5.74) is 0.869. The Bertz CT molecular complexity index is 742. The van der Waals surface area contributed by atoms with Crippen molar-refractivity contribution < 1.29 is 9.53 Å². The number of hydrogen-bond donors (Lipinski definition) is 1. The van der Waals surface area contributed by atoms with Gasteiger partial charge in [0.2, 0.25) is 5.91 Å². The molecule has 7 heteroatoms. The van der Waals surface area contributed by atoms with E-state index in [1.807, 2.05) is 6.92 Å². The zero-order valence-corrected chi connectivity index (χ0v) is 20.3. The van der Waals surface area contributed by atoms with Crippen LogP contribution in [0.15, 0.2) is 6.07 Å². The van der Waals surface area contributed by atoms with Crippen molar-refractivity contribution in [2.75, 3.05) is 37.7 Å². The third kappa shape index (κ3) is 6.62. The summed E-state index contributed by atoms with van der Waals surface area (Å²) >= 11 is 0. The van der Waals surface area contributed by atoms with Gasteiger partial charge < -0.3 is 15.0 Å². The number of nitrogens with zero attached hydrogens (tertiary/aromatic N) is 4. The van der Waals surface area contributed by atoms with E-state index in [4.69, 9.17) is 14.7 Å². The summed E-state index contributed by atoms with van der Waals surface area (Å²) < 4.78 is 5.63. The zero-order valence-electron chi connectivity index (χ0n) is 20.3. The number of amides is 1. The third-order valence-electron chi connectivity index (χ3n) is 6.45. The number of anilines is 1. The molecule has 1 saturated heterocycles. The molecule has 1 unspecified atom stereocenters. The normalized spacial score (nSPS) is 24.7. The third-order valence-corrected chi connectivity index (χ3v) is 6.45. The van der Waals surface area contributed by atoms with Gasteiger partial charge in [-0.25, -0.2) is 9.97 Å². The van der Waals surface area contributed by atoms with Gasteiger partial charge in [0, 0.05) is 56.7 Å². The van der Waals surface area contributed by atoms with Crippen molar-refractivity contribution in [2.45, 2.75) is 84.9 Å². The average molecular weight is 432 g/mol. The van der Waals surface area contributed by atoms with E-state index in [0.29, 0.717) is 25.3 Å². The summed E-state index contributed by atoms with van der Waals surface area (Å²) in [5, 5.41) is 3.03. The topological polar surface area (TPSA) is 70.6 Å². The minimum atomic E-state index is -0.0949. The Morgan fingerprint density at radius 3 is 2.61 bits per heavy atom. The number of nitrogens with one attached hydrogen (secondary N) is 1. The van der Waals surface area contributed by atoms with Crippen LogP contribution in [0, 0.1) is 5.92 Å². The predicted molar refractivity (Wildman–Crippen MR) is 124 cm³/mol. The summed E-state index contributed by atoms with van der Waals surface area (Å²) in [6.45, 7) is 17.8. The summed E-state index contributed by atoms with van der Waals surface area (Å²) in [6.07, 6.45) is 3.49. The van der Waals surface area contributed by atoms with E-state index in [2.05, 4.69) is 48.9 Å². The number of carbonyl (C=O) groups excluding carboxylic acids is 1. The van der Waals surface area contributed by atoms with Gasteiger partial charge >= 0.3 is 0 Å². The van der Waals surface area contributed by atoms with Crippen LogP contribution in [0.25, 0.3) is 0 Å². The molecule has 7 nitrogen and oxygen atoms in total. The van der Waals surface area contributed by atoms with Crippen molar-refractivity contribution in [1.82, 2.24) is 20.2 Å². The van der Waals surface area contributed by atoms with Gasteiger partial charge in [-0.1, -0.05) is 20.8 Å². The van der Waals surface area contributed by atoms with Gasteiger partial charge in [-0.3, -0.25) is 9.69 Å². The van der Waals surface area contributed by atoms with E-state index in [-0.39, 0.29) is 11.3 Å². The first-order valence-electron chi connectivity index (χ1n) is 11.9. The Balaban J connectivity index is 1.55. The number of piperazine rings is 1. The second kappa shape index (κ2) is 10.3. The number of rotatable bonds is 8. The molecule has 1 N–H and O–H groups in total. The second-order valence-corrected chi connectivity index (χ2v) is 10.3. The molecule has 31 heavy (non-hydrogen) atoms. The average Bonchev–Trinajstić information content (AvgIpc) is 2.67. The standard InChI is InChI=1S/C24H41N5O2/c1-7-31-16-21-14-22(27-23(26-21)24(4,5)6)29-11-10-28(17(2)15-29)9-8-19-12-20(13-19)25-18(3)30/h14,17,19-20H,7-13,15-16H2,1-6H3,(H,25,30). The lowest BCUT2D eigenvalue weighted by Gasteiger charge is -2.42. The van der Waals surface area contributed by atoms with Crippen LogP contribution in [-0.2, 0) is 21.6 Å². The van der Waals surface area contributed by atoms with E-state index < -0.39 is 0 Å². The van der Waals surface area contributed by atoms with Crippen molar-refractivity contribution in [3.8, 4) is 0 Å². The molecule has 1 aromatic rings. The molecule has 2 heterocycles. The highest BCUT2D eigenvalue weighted by Crippen LogP contribution is 2.31. The number of carbonyl (C=O) groups is 1. The molecule has 1 atom stereocenters. The summed E-state index contributed by atoms with van der Waals surface area (Å²) in [6, 6.07) is 2.99. The number of aromatic nitrogens is 2. The van der Waals surface area contributed by atoms with Crippen LogP contribution in [-0.4, -0.2) is 65.6 Å². The van der Waals surface area contributed by atoms with Crippen molar-refractivity contribution in [2.24, 2.45) is 5.92 Å². The molecule has 1 amide bonds. The van der Waals surface area contributed by atoms with Crippen LogP contribution in [0.5, 0.6) is 0 Å². The fourth-order valence-electron chi connectivity index (χ4n) is 4.52. The van der Waals surface area contributed by atoms with Gasteiger partial charge in [-0.05, 0) is 45.6 Å². The van der Waals surface area contributed by atoms with E-state index in [1.165, 1.54) is 6.42 Å². The molecule has 3 rings (SSSR count). The lowest BCUT2D eigenvalue weighted by molar-refractivity contribution is -0.120. The Kier molecular flexibility index (Phi) is 7.92. The lowest BCUT2D eigenvalue weighted by Crippen LogP contribution is -2.53. The zero-order chi connectivity index (χ0) is 22.6.